The van der Waals surface area contributed by atoms with Gasteiger partial charge in [-0.15, -0.1) is 0 Å². The third-order valence-electron chi connectivity index (χ3n) is 1.79. The van der Waals surface area contributed by atoms with Crippen molar-refractivity contribution in [2.45, 2.75) is 13.8 Å². The lowest BCUT2D eigenvalue weighted by Crippen LogP contribution is -2.31. The summed E-state index contributed by atoms with van der Waals surface area (Å²) in [6, 6.07) is 3.37. The lowest BCUT2D eigenvalue weighted by molar-refractivity contribution is -0.123. The van der Waals surface area contributed by atoms with Gasteiger partial charge in [0, 0.05) is 12.7 Å². The van der Waals surface area contributed by atoms with E-state index in [0.29, 0.717) is 18.2 Å². The topological polar surface area (TPSA) is 51.2 Å². The van der Waals surface area contributed by atoms with Crippen molar-refractivity contribution in [3.05, 3.63) is 23.5 Å². The second-order valence-corrected chi connectivity index (χ2v) is 4.14. The van der Waals surface area contributed by atoms with Crippen molar-refractivity contribution >= 4 is 17.5 Å². The number of hydrogen-bond donors (Lipinski definition) is 1. The number of carbonyl (C=O) groups excluding carboxylic acids is 1. The van der Waals surface area contributed by atoms with Crippen molar-refractivity contribution in [1.82, 2.24) is 10.3 Å². The fourth-order valence-electron chi connectivity index (χ4n) is 0.991. The van der Waals surface area contributed by atoms with Gasteiger partial charge in [-0.05, 0) is 18.1 Å². The number of pyridine rings is 1. The molecule has 0 saturated carbocycles. The summed E-state index contributed by atoms with van der Waals surface area (Å²) in [6.45, 7) is 4.65. The molecule has 0 atom stereocenters. The van der Waals surface area contributed by atoms with Gasteiger partial charge in [0.2, 0.25) is 0 Å². The molecule has 0 aliphatic carbocycles. The Morgan fingerprint density at radius 3 is 3.00 bits per heavy atom. The van der Waals surface area contributed by atoms with E-state index in [-0.39, 0.29) is 17.7 Å². The van der Waals surface area contributed by atoms with Crippen LogP contribution in [0.3, 0.4) is 0 Å². The molecule has 4 nitrogen and oxygen atoms in total. The summed E-state index contributed by atoms with van der Waals surface area (Å²) in [7, 11) is 0. The van der Waals surface area contributed by atoms with E-state index >= 15 is 0 Å². The molecule has 0 aliphatic heterocycles. The summed E-state index contributed by atoms with van der Waals surface area (Å²) >= 11 is 5.77. The lowest BCUT2D eigenvalue weighted by Gasteiger charge is -2.09. The highest BCUT2D eigenvalue weighted by Gasteiger charge is 2.06. The number of carbonyl (C=O) groups is 1. The summed E-state index contributed by atoms with van der Waals surface area (Å²) in [5, 5.41) is 3.01. The van der Waals surface area contributed by atoms with Gasteiger partial charge in [-0.2, -0.15) is 0 Å². The number of rotatable bonds is 5. The fourth-order valence-corrected chi connectivity index (χ4v) is 1.17. The molecule has 0 unspecified atom stereocenters. The van der Waals surface area contributed by atoms with Gasteiger partial charge in [-0.25, -0.2) is 4.98 Å². The van der Waals surface area contributed by atoms with Gasteiger partial charge in [-0.1, -0.05) is 25.4 Å². The van der Waals surface area contributed by atoms with Crippen molar-refractivity contribution in [1.29, 1.82) is 0 Å². The van der Waals surface area contributed by atoms with Crippen LogP contribution in [0.2, 0.25) is 5.15 Å². The normalized spacial score (nSPS) is 10.2. The number of nitrogens with one attached hydrogen (secondary N) is 1. The van der Waals surface area contributed by atoms with Crippen LogP contribution >= 0.6 is 11.6 Å². The molecule has 1 amide bonds. The highest BCUT2D eigenvalue weighted by Crippen LogP contribution is 2.19. The predicted octanol–water partition coefficient (Wildman–Crippen LogP) is 1.89. The minimum Gasteiger partial charge on any atom is -0.481 e. The van der Waals surface area contributed by atoms with Crippen LogP contribution in [0, 0.1) is 5.92 Å². The Morgan fingerprint density at radius 2 is 2.38 bits per heavy atom. The number of nitrogens with zero attached hydrogens (tertiary/aromatic N) is 1. The molecule has 1 heterocycles. The monoisotopic (exact) mass is 242 g/mol. The SMILES string of the molecule is CC(C)CNC(=O)COc1cccnc1Cl. The average molecular weight is 243 g/mol. The summed E-state index contributed by atoms with van der Waals surface area (Å²) in [5.74, 6) is 0.684. The molecule has 1 aromatic heterocycles. The van der Waals surface area contributed by atoms with Gasteiger partial charge in [0.1, 0.15) is 0 Å². The van der Waals surface area contributed by atoms with Crippen LogP contribution in [0.4, 0.5) is 0 Å². The van der Waals surface area contributed by atoms with Crippen molar-refractivity contribution in [3.63, 3.8) is 0 Å². The molecule has 0 saturated heterocycles. The second kappa shape index (κ2) is 6.33. The van der Waals surface area contributed by atoms with E-state index in [2.05, 4.69) is 10.3 Å². The molecule has 16 heavy (non-hydrogen) atoms. The van der Waals surface area contributed by atoms with Crippen LogP contribution in [0.5, 0.6) is 5.75 Å². The predicted molar refractivity (Wildman–Crippen MR) is 62.6 cm³/mol. The number of hydrogen-bond acceptors (Lipinski definition) is 3. The zero-order valence-electron chi connectivity index (χ0n) is 9.37. The molecule has 0 fully saturated rings. The number of amides is 1. The van der Waals surface area contributed by atoms with E-state index in [4.69, 9.17) is 16.3 Å². The highest BCUT2D eigenvalue weighted by atomic mass is 35.5. The van der Waals surface area contributed by atoms with E-state index in [1.807, 2.05) is 13.8 Å². The minimum absolute atomic E-state index is 0.0435. The van der Waals surface area contributed by atoms with Gasteiger partial charge in [0.15, 0.2) is 17.5 Å². The minimum atomic E-state index is -0.159. The van der Waals surface area contributed by atoms with Gasteiger partial charge in [0.25, 0.3) is 5.91 Å². The summed E-state index contributed by atoms with van der Waals surface area (Å²) in [5.41, 5.74) is 0. The summed E-state index contributed by atoms with van der Waals surface area (Å²) in [6.07, 6.45) is 1.56. The first-order valence-electron chi connectivity index (χ1n) is 5.09. The molecule has 0 radical (unpaired) electrons. The van der Waals surface area contributed by atoms with Crippen LogP contribution in [-0.4, -0.2) is 24.0 Å². The fraction of sp³-hybridized carbons (Fsp3) is 0.455. The van der Waals surface area contributed by atoms with Crippen LogP contribution in [-0.2, 0) is 4.79 Å². The molecule has 0 aromatic carbocycles. The molecule has 0 spiro atoms. The molecule has 5 heteroatoms. The first-order chi connectivity index (χ1) is 7.59. The first-order valence-corrected chi connectivity index (χ1v) is 5.47. The Labute approximate surface area is 100.0 Å². The maximum atomic E-state index is 11.3. The molecule has 1 aromatic rings. The molecule has 1 rings (SSSR count). The van der Waals surface area contributed by atoms with Gasteiger partial charge in [0.05, 0.1) is 0 Å². The number of ether oxygens (including phenoxy) is 1. The summed E-state index contributed by atoms with van der Waals surface area (Å²) < 4.78 is 5.22. The van der Waals surface area contributed by atoms with E-state index in [9.17, 15) is 4.79 Å². The molecule has 0 aliphatic rings. The Morgan fingerprint density at radius 1 is 1.62 bits per heavy atom. The van der Waals surface area contributed by atoms with Crippen LogP contribution in [0.1, 0.15) is 13.8 Å². The zero-order chi connectivity index (χ0) is 12.0. The Balaban J connectivity index is 2.35. The van der Waals surface area contributed by atoms with E-state index in [1.165, 1.54) is 0 Å². The second-order valence-electron chi connectivity index (χ2n) is 3.78. The zero-order valence-corrected chi connectivity index (χ0v) is 10.1. The highest BCUT2D eigenvalue weighted by molar-refractivity contribution is 6.30. The molecule has 0 bridgehead atoms. The van der Waals surface area contributed by atoms with E-state index in [0.717, 1.165) is 0 Å². The van der Waals surface area contributed by atoms with Crippen LogP contribution < -0.4 is 10.1 Å². The van der Waals surface area contributed by atoms with E-state index < -0.39 is 0 Å². The van der Waals surface area contributed by atoms with Gasteiger partial charge >= 0.3 is 0 Å². The van der Waals surface area contributed by atoms with Crippen molar-refractivity contribution < 1.29 is 9.53 Å². The molecular formula is C11H15ClN2O2. The Hall–Kier alpha value is -1.29. The third-order valence-corrected chi connectivity index (χ3v) is 2.07. The van der Waals surface area contributed by atoms with Crippen molar-refractivity contribution in [2.75, 3.05) is 13.2 Å². The third kappa shape index (κ3) is 4.49. The number of aromatic nitrogens is 1. The maximum Gasteiger partial charge on any atom is 0.257 e. The molecular weight excluding hydrogens is 228 g/mol. The quantitative estimate of drug-likeness (QED) is 0.803. The standard InChI is InChI=1S/C11H15ClN2O2/c1-8(2)6-14-10(15)7-16-9-4-3-5-13-11(9)12/h3-5,8H,6-7H2,1-2H3,(H,14,15). The summed E-state index contributed by atoms with van der Waals surface area (Å²) in [4.78, 5) is 15.2. The number of halogens is 1. The lowest BCUT2D eigenvalue weighted by atomic mass is 10.2. The van der Waals surface area contributed by atoms with Crippen LogP contribution in [0.25, 0.3) is 0 Å². The van der Waals surface area contributed by atoms with Crippen molar-refractivity contribution in [2.24, 2.45) is 5.92 Å². The molecule has 88 valence electrons. The van der Waals surface area contributed by atoms with Gasteiger partial charge < -0.3 is 10.1 Å². The Kier molecular flexibility index (Phi) is 5.05. The smallest absolute Gasteiger partial charge is 0.257 e. The maximum absolute atomic E-state index is 11.3. The Bertz CT molecular complexity index is 356. The van der Waals surface area contributed by atoms with Crippen molar-refractivity contribution in [3.8, 4) is 5.75 Å². The molecule has 1 N–H and O–H groups in total. The van der Waals surface area contributed by atoms with Crippen LogP contribution in [0.15, 0.2) is 18.3 Å². The van der Waals surface area contributed by atoms with Gasteiger partial charge in [-0.3, -0.25) is 4.79 Å². The van der Waals surface area contributed by atoms with E-state index in [1.54, 1.807) is 18.3 Å². The largest absolute Gasteiger partial charge is 0.481 e. The average Bonchev–Trinajstić information content (AvgIpc) is 2.25. The first kappa shape index (κ1) is 12.8.